The number of hydrogen-bond acceptors (Lipinski definition) is 3. The van der Waals surface area contributed by atoms with Crippen molar-refractivity contribution in [2.45, 2.75) is 33.7 Å². The number of rotatable bonds is 7. The molecule has 1 aromatic carbocycles. The minimum absolute atomic E-state index is 0.473. The first-order valence-electron chi connectivity index (χ1n) is 7.24. The summed E-state index contributed by atoms with van der Waals surface area (Å²) in [5.74, 6) is 1.95. The lowest BCUT2D eigenvalue weighted by molar-refractivity contribution is 0.354. The first-order valence-corrected chi connectivity index (χ1v) is 8.03. The van der Waals surface area contributed by atoms with Gasteiger partial charge >= 0.3 is 0 Å². The maximum absolute atomic E-state index is 5.38. The molecule has 0 bridgehead atoms. The molecule has 118 valence electrons. The van der Waals surface area contributed by atoms with E-state index in [1.54, 1.807) is 14.2 Å². The van der Waals surface area contributed by atoms with Crippen molar-refractivity contribution in [3.05, 3.63) is 27.7 Å². The number of ether oxygens (including phenoxy) is 2. The van der Waals surface area contributed by atoms with Crippen LogP contribution in [0.25, 0.3) is 6.08 Å². The number of nitrogens with one attached hydrogen (secondary N) is 1. The first kappa shape index (κ1) is 18.1. The summed E-state index contributed by atoms with van der Waals surface area (Å²) in [5.41, 5.74) is 2.46. The lowest BCUT2D eigenvalue weighted by Crippen LogP contribution is -2.26. The molecule has 21 heavy (non-hydrogen) atoms. The van der Waals surface area contributed by atoms with Gasteiger partial charge in [-0.3, -0.25) is 0 Å². The minimum Gasteiger partial charge on any atom is -0.493 e. The van der Waals surface area contributed by atoms with E-state index in [1.807, 2.05) is 12.1 Å². The third-order valence-electron chi connectivity index (χ3n) is 3.30. The molecule has 0 aliphatic carbocycles. The maximum Gasteiger partial charge on any atom is 0.161 e. The molecule has 0 atom stereocenters. The highest BCUT2D eigenvalue weighted by Crippen LogP contribution is 2.34. The Morgan fingerprint density at radius 1 is 1.14 bits per heavy atom. The Morgan fingerprint density at radius 2 is 1.71 bits per heavy atom. The van der Waals surface area contributed by atoms with Crippen molar-refractivity contribution < 1.29 is 9.47 Å². The van der Waals surface area contributed by atoms with E-state index in [9.17, 15) is 0 Å². The molecule has 0 aliphatic rings. The van der Waals surface area contributed by atoms with Crippen LogP contribution in [0.5, 0.6) is 11.5 Å². The Kier molecular flexibility index (Phi) is 7.26. The Morgan fingerprint density at radius 3 is 2.19 bits per heavy atom. The largest absolute Gasteiger partial charge is 0.493 e. The normalized spacial score (nSPS) is 12.1. The Balaban J connectivity index is 3.14. The molecule has 0 fully saturated rings. The minimum atomic E-state index is 0.473. The molecule has 0 amide bonds. The summed E-state index contributed by atoms with van der Waals surface area (Å²) in [5, 5.41) is 3.48. The van der Waals surface area contributed by atoms with Crippen LogP contribution < -0.4 is 14.8 Å². The van der Waals surface area contributed by atoms with E-state index < -0.39 is 0 Å². The van der Waals surface area contributed by atoms with Crippen molar-refractivity contribution in [3.8, 4) is 11.5 Å². The van der Waals surface area contributed by atoms with E-state index in [0.717, 1.165) is 28.1 Å². The van der Waals surface area contributed by atoms with Crippen LogP contribution in [0.2, 0.25) is 0 Å². The fourth-order valence-corrected chi connectivity index (χ4v) is 2.36. The predicted octanol–water partition coefficient (Wildman–Crippen LogP) is 4.50. The van der Waals surface area contributed by atoms with E-state index >= 15 is 0 Å². The molecule has 0 saturated carbocycles. The summed E-state index contributed by atoms with van der Waals surface area (Å²) in [7, 11) is 3.30. The van der Waals surface area contributed by atoms with E-state index in [1.165, 1.54) is 5.57 Å². The van der Waals surface area contributed by atoms with Crippen molar-refractivity contribution >= 4 is 22.0 Å². The molecule has 0 saturated heterocycles. The van der Waals surface area contributed by atoms with Crippen LogP contribution in [0, 0.1) is 5.92 Å². The van der Waals surface area contributed by atoms with Crippen LogP contribution in [0.3, 0.4) is 0 Å². The van der Waals surface area contributed by atoms with Gasteiger partial charge in [-0.25, -0.2) is 0 Å². The highest BCUT2D eigenvalue weighted by atomic mass is 79.9. The summed E-state index contributed by atoms with van der Waals surface area (Å²) in [4.78, 5) is 0. The molecule has 0 aliphatic heterocycles. The number of hydrogen-bond donors (Lipinski definition) is 1. The van der Waals surface area contributed by atoms with Gasteiger partial charge in [0.15, 0.2) is 11.5 Å². The Bertz CT molecular complexity index is 496. The van der Waals surface area contributed by atoms with Gasteiger partial charge in [-0.05, 0) is 23.6 Å². The average molecular weight is 356 g/mol. The van der Waals surface area contributed by atoms with Gasteiger partial charge in [0.1, 0.15) is 0 Å². The fourth-order valence-electron chi connectivity index (χ4n) is 1.92. The van der Waals surface area contributed by atoms with Crippen LogP contribution in [0.1, 0.15) is 33.3 Å². The van der Waals surface area contributed by atoms with Gasteiger partial charge < -0.3 is 14.8 Å². The topological polar surface area (TPSA) is 30.5 Å². The third-order valence-corrected chi connectivity index (χ3v) is 3.99. The highest BCUT2D eigenvalue weighted by molar-refractivity contribution is 9.10. The monoisotopic (exact) mass is 355 g/mol. The number of methoxy groups -OCH3 is 2. The highest BCUT2D eigenvalue weighted by Gasteiger charge is 2.10. The van der Waals surface area contributed by atoms with Crippen LogP contribution in [0.15, 0.2) is 22.2 Å². The molecule has 0 heterocycles. The number of benzene rings is 1. The van der Waals surface area contributed by atoms with Crippen LogP contribution in [-0.4, -0.2) is 26.8 Å². The van der Waals surface area contributed by atoms with Gasteiger partial charge in [0.2, 0.25) is 0 Å². The Labute approximate surface area is 136 Å². The second kappa shape index (κ2) is 8.44. The lowest BCUT2D eigenvalue weighted by atomic mass is 9.99. The van der Waals surface area contributed by atoms with E-state index in [4.69, 9.17) is 9.47 Å². The zero-order valence-corrected chi connectivity index (χ0v) is 15.4. The SMILES string of the molecule is COc1cc(Br)c(C=C(CNC(C)C)C(C)C)cc1OC. The van der Waals surface area contributed by atoms with Crippen LogP contribution in [-0.2, 0) is 0 Å². The van der Waals surface area contributed by atoms with E-state index in [0.29, 0.717) is 12.0 Å². The fraction of sp³-hybridized carbons (Fsp3) is 0.529. The van der Waals surface area contributed by atoms with Gasteiger partial charge in [-0.15, -0.1) is 0 Å². The molecule has 0 radical (unpaired) electrons. The van der Waals surface area contributed by atoms with Crippen molar-refractivity contribution in [3.63, 3.8) is 0 Å². The molecular weight excluding hydrogens is 330 g/mol. The summed E-state index contributed by atoms with van der Waals surface area (Å²) >= 11 is 3.61. The smallest absolute Gasteiger partial charge is 0.161 e. The summed E-state index contributed by atoms with van der Waals surface area (Å²) in [6.07, 6.45) is 2.21. The average Bonchev–Trinajstić information content (AvgIpc) is 2.43. The van der Waals surface area contributed by atoms with Crippen LogP contribution in [0.4, 0.5) is 0 Å². The zero-order valence-electron chi connectivity index (χ0n) is 13.8. The molecule has 4 heteroatoms. The molecule has 1 aromatic rings. The van der Waals surface area contributed by atoms with Crippen LogP contribution >= 0.6 is 15.9 Å². The molecule has 1 N–H and O–H groups in total. The van der Waals surface area contributed by atoms with Gasteiger partial charge in [0.05, 0.1) is 14.2 Å². The molecule has 0 unspecified atom stereocenters. The molecular formula is C17H26BrNO2. The summed E-state index contributed by atoms with van der Waals surface area (Å²) in [6, 6.07) is 4.42. The molecule has 3 nitrogen and oxygen atoms in total. The lowest BCUT2D eigenvalue weighted by Gasteiger charge is -2.16. The van der Waals surface area contributed by atoms with E-state index in [2.05, 4.69) is 55.0 Å². The van der Waals surface area contributed by atoms with Crippen molar-refractivity contribution in [2.24, 2.45) is 5.92 Å². The Hall–Kier alpha value is -1.00. The number of halogens is 1. The molecule has 0 spiro atoms. The van der Waals surface area contributed by atoms with Gasteiger partial charge in [-0.1, -0.05) is 55.3 Å². The van der Waals surface area contributed by atoms with Crippen molar-refractivity contribution in [1.29, 1.82) is 0 Å². The van der Waals surface area contributed by atoms with Gasteiger partial charge in [0, 0.05) is 17.1 Å². The summed E-state index contributed by atoms with van der Waals surface area (Å²) in [6.45, 7) is 9.62. The quantitative estimate of drug-likeness (QED) is 0.780. The van der Waals surface area contributed by atoms with Crippen molar-refractivity contribution in [1.82, 2.24) is 5.32 Å². The molecule has 1 rings (SSSR count). The second-order valence-electron chi connectivity index (χ2n) is 5.64. The maximum atomic E-state index is 5.38. The van der Waals surface area contributed by atoms with Crippen molar-refractivity contribution in [2.75, 3.05) is 20.8 Å². The standard InChI is InChI=1S/C17H26BrNO2/c1-11(2)14(10-19-12(3)4)7-13-8-16(20-5)17(21-6)9-15(13)18/h7-9,11-12,19H,10H2,1-6H3. The zero-order chi connectivity index (χ0) is 16.0. The summed E-state index contributed by atoms with van der Waals surface area (Å²) < 4.78 is 11.7. The molecule has 0 aromatic heterocycles. The third kappa shape index (κ3) is 5.36. The predicted molar refractivity (Wildman–Crippen MR) is 93.2 cm³/mol. The van der Waals surface area contributed by atoms with Gasteiger partial charge in [-0.2, -0.15) is 0 Å². The first-order chi connectivity index (χ1) is 9.88. The van der Waals surface area contributed by atoms with E-state index in [-0.39, 0.29) is 0 Å². The van der Waals surface area contributed by atoms with Gasteiger partial charge in [0.25, 0.3) is 0 Å². The second-order valence-corrected chi connectivity index (χ2v) is 6.49.